The minimum atomic E-state index is -1.04. The highest BCUT2D eigenvalue weighted by Crippen LogP contribution is 2.17. The fourth-order valence-corrected chi connectivity index (χ4v) is 2.71. The van der Waals surface area contributed by atoms with Gasteiger partial charge in [0.15, 0.2) is 16.9 Å². The van der Waals surface area contributed by atoms with Gasteiger partial charge in [0.1, 0.15) is 5.82 Å². The van der Waals surface area contributed by atoms with Crippen LogP contribution in [0.15, 0.2) is 29.6 Å². The number of benzene rings is 1. The second-order valence-corrected chi connectivity index (χ2v) is 7.05. The molecule has 2 rings (SSSR count). The largest absolute Gasteiger partial charge is 0.448 e. The number of halogens is 1. The molecule has 1 amide bonds. The molecule has 0 aliphatic rings. The Morgan fingerprint density at radius 1 is 1.31 bits per heavy atom. The zero-order valence-electron chi connectivity index (χ0n) is 14.9. The number of esters is 1. The maximum atomic E-state index is 13.1. The van der Waals surface area contributed by atoms with E-state index in [-0.39, 0.29) is 5.69 Å². The van der Waals surface area contributed by atoms with Crippen LogP contribution in [-0.2, 0) is 9.53 Å². The van der Waals surface area contributed by atoms with Crippen molar-refractivity contribution in [3.8, 4) is 0 Å². The van der Waals surface area contributed by atoms with Crippen molar-refractivity contribution in [2.45, 2.75) is 33.3 Å². The number of rotatable bonds is 8. The monoisotopic (exact) mass is 379 g/mol. The van der Waals surface area contributed by atoms with Crippen molar-refractivity contribution >= 4 is 34.0 Å². The van der Waals surface area contributed by atoms with E-state index in [9.17, 15) is 14.0 Å². The van der Waals surface area contributed by atoms with Gasteiger partial charge < -0.3 is 15.4 Å². The molecular weight excluding hydrogens is 357 g/mol. The van der Waals surface area contributed by atoms with Crippen LogP contribution >= 0.6 is 11.3 Å². The van der Waals surface area contributed by atoms with Gasteiger partial charge in [-0.1, -0.05) is 19.9 Å². The summed E-state index contributed by atoms with van der Waals surface area (Å²) in [4.78, 5) is 28.3. The minimum Gasteiger partial charge on any atom is -0.448 e. The van der Waals surface area contributed by atoms with Crippen LogP contribution < -0.4 is 10.6 Å². The standard InChI is InChI=1S/C18H22FN3O3S/c1-11(2)7-8-20-18-22-15(10-26-18)17(24)25-12(3)16(23)21-14-6-4-5-13(19)9-14/h4-6,9-12H,7-8H2,1-3H3,(H,20,22)(H,21,23)/t12-/m1/s1. The third-order valence-corrected chi connectivity index (χ3v) is 4.26. The van der Waals surface area contributed by atoms with Crippen LogP contribution in [0.4, 0.5) is 15.2 Å². The molecule has 1 aromatic heterocycles. The fourth-order valence-electron chi connectivity index (χ4n) is 2.00. The van der Waals surface area contributed by atoms with Crippen LogP contribution in [0.2, 0.25) is 0 Å². The van der Waals surface area contributed by atoms with E-state index in [2.05, 4.69) is 29.5 Å². The van der Waals surface area contributed by atoms with Crippen LogP contribution in [0.25, 0.3) is 0 Å². The van der Waals surface area contributed by atoms with Crippen molar-refractivity contribution in [1.29, 1.82) is 0 Å². The third-order valence-electron chi connectivity index (χ3n) is 3.46. The van der Waals surface area contributed by atoms with E-state index < -0.39 is 23.8 Å². The second-order valence-electron chi connectivity index (χ2n) is 6.19. The number of carbonyl (C=O) groups is 2. The fraction of sp³-hybridized carbons (Fsp3) is 0.389. The summed E-state index contributed by atoms with van der Waals surface area (Å²) in [5, 5.41) is 7.86. The van der Waals surface area contributed by atoms with Gasteiger partial charge in [-0.05, 0) is 37.5 Å². The molecule has 2 aromatic rings. The molecule has 26 heavy (non-hydrogen) atoms. The molecule has 2 N–H and O–H groups in total. The summed E-state index contributed by atoms with van der Waals surface area (Å²) < 4.78 is 18.3. The molecule has 0 fully saturated rings. The zero-order valence-corrected chi connectivity index (χ0v) is 15.7. The van der Waals surface area contributed by atoms with Crippen LogP contribution in [0.1, 0.15) is 37.7 Å². The summed E-state index contributed by atoms with van der Waals surface area (Å²) in [6.45, 7) is 6.47. The number of nitrogens with one attached hydrogen (secondary N) is 2. The normalized spacial score (nSPS) is 11.9. The molecule has 8 heteroatoms. The Labute approximate surface area is 155 Å². The van der Waals surface area contributed by atoms with E-state index in [1.807, 2.05) is 0 Å². The van der Waals surface area contributed by atoms with Gasteiger partial charge in [-0.3, -0.25) is 4.79 Å². The molecule has 0 spiro atoms. The second kappa shape index (κ2) is 9.28. The van der Waals surface area contributed by atoms with Crippen molar-refractivity contribution in [3.63, 3.8) is 0 Å². The molecule has 1 heterocycles. The molecule has 0 bridgehead atoms. The van der Waals surface area contributed by atoms with Crippen molar-refractivity contribution in [2.75, 3.05) is 17.2 Å². The average Bonchev–Trinajstić information content (AvgIpc) is 3.03. The highest BCUT2D eigenvalue weighted by atomic mass is 32.1. The molecular formula is C18H22FN3O3S. The summed E-state index contributed by atoms with van der Waals surface area (Å²) in [6.07, 6.45) is -0.0405. The molecule has 0 radical (unpaired) electrons. The predicted octanol–water partition coefficient (Wildman–Crippen LogP) is 3.92. The lowest BCUT2D eigenvalue weighted by Gasteiger charge is -2.12. The molecule has 0 saturated carbocycles. The van der Waals surface area contributed by atoms with Crippen LogP contribution in [0, 0.1) is 11.7 Å². The summed E-state index contributed by atoms with van der Waals surface area (Å²) in [6, 6.07) is 5.48. The summed E-state index contributed by atoms with van der Waals surface area (Å²) in [5.74, 6) is -1.12. The van der Waals surface area contributed by atoms with Crippen LogP contribution in [0.3, 0.4) is 0 Å². The number of nitrogens with zero attached hydrogens (tertiary/aromatic N) is 1. The van der Waals surface area contributed by atoms with Gasteiger partial charge in [-0.2, -0.15) is 0 Å². The minimum absolute atomic E-state index is 0.146. The first kappa shape index (κ1) is 19.8. The summed E-state index contributed by atoms with van der Waals surface area (Å²) in [5.41, 5.74) is 0.440. The Balaban J connectivity index is 1.86. The molecule has 0 saturated heterocycles. The van der Waals surface area contributed by atoms with E-state index in [1.54, 1.807) is 11.4 Å². The summed E-state index contributed by atoms with van der Waals surface area (Å²) >= 11 is 1.30. The van der Waals surface area contributed by atoms with Crippen molar-refractivity contribution in [2.24, 2.45) is 5.92 Å². The molecule has 1 atom stereocenters. The van der Waals surface area contributed by atoms with E-state index in [0.29, 0.717) is 16.7 Å². The molecule has 1 aromatic carbocycles. The number of thiazole rings is 1. The van der Waals surface area contributed by atoms with Gasteiger partial charge in [-0.25, -0.2) is 14.2 Å². The quantitative estimate of drug-likeness (QED) is 0.680. The Morgan fingerprint density at radius 2 is 2.08 bits per heavy atom. The number of aromatic nitrogens is 1. The van der Waals surface area contributed by atoms with Crippen molar-refractivity contribution in [1.82, 2.24) is 4.98 Å². The number of ether oxygens (including phenoxy) is 1. The zero-order chi connectivity index (χ0) is 19.1. The van der Waals surface area contributed by atoms with E-state index in [1.165, 1.54) is 36.5 Å². The predicted molar refractivity (Wildman–Crippen MR) is 100.0 cm³/mol. The smallest absolute Gasteiger partial charge is 0.358 e. The number of carbonyl (C=O) groups excluding carboxylic acids is 2. The van der Waals surface area contributed by atoms with E-state index >= 15 is 0 Å². The Bertz CT molecular complexity index is 764. The molecule has 0 aliphatic heterocycles. The summed E-state index contributed by atoms with van der Waals surface area (Å²) in [7, 11) is 0. The van der Waals surface area contributed by atoms with Gasteiger partial charge in [0.05, 0.1) is 0 Å². The maximum absolute atomic E-state index is 13.1. The number of hydrogen-bond acceptors (Lipinski definition) is 6. The first-order valence-electron chi connectivity index (χ1n) is 8.32. The Hall–Kier alpha value is -2.48. The van der Waals surface area contributed by atoms with Gasteiger partial charge in [0.2, 0.25) is 0 Å². The van der Waals surface area contributed by atoms with Crippen LogP contribution in [-0.4, -0.2) is 29.5 Å². The van der Waals surface area contributed by atoms with Crippen molar-refractivity contribution < 1.29 is 18.7 Å². The molecule has 0 aliphatic carbocycles. The highest BCUT2D eigenvalue weighted by molar-refractivity contribution is 7.13. The highest BCUT2D eigenvalue weighted by Gasteiger charge is 2.21. The first-order valence-corrected chi connectivity index (χ1v) is 9.20. The maximum Gasteiger partial charge on any atom is 0.358 e. The lowest BCUT2D eigenvalue weighted by atomic mass is 10.1. The van der Waals surface area contributed by atoms with Gasteiger partial charge in [0, 0.05) is 17.6 Å². The lowest BCUT2D eigenvalue weighted by Crippen LogP contribution is -2.30. The SMILES string of the molecule is CC(C)CCNc1nc(C(=O)O[C@H](C)C(=O)Nc2cccc(F)c2)cs1. The number of hydrogen-bond donors (Lipinski definition) is 2. The molecule has 140 valence electrons. The van der Waals surface area contributed by atoms with Gasteiger partial charge in [-0.15, -0.1) is 11.3 Å². The average molecular weight is 379 g/mol. The van der Waals surface area contributed by atoms with Gasteiger partial charge >= 0.3 is 5.97 Å². The molecule has 0 unspecified atom stereocenters. The number of amides is 1. The topological polar surface area (TPSA) is 80.3 Å². The third kappa shape index (κ3) is 6.11. The first-order chi connectivity index (χ1) is 12.3. The number of anilines is 2. The lowest BCUT2D eigenvalue weighted by molar-refractivity contribution is -0.123. The Kier molecular flexibility index (Phi) is 7.08. The Morgan fingerprint density at radius 3 is 2.77 bits per heavy atom. The van der Waals surface area contributed by atoms with Crippen molar-refractivity contribution in [3.05, 3.63) is 41.2 Å². The van der Waals surface area contributed by atoms with E-state index in [0.717, 1.165) is 13.0 Å². The molecule has 6 nitrogen and oxygen atoms in total. The van der Waals surface area contributed by atoms with Crippen LogP contribution in [0.5, 0.6) is 0 Å². The van der Waals surface area contributed by atoms with E-state index in [4.69, 9.17) is 4.74 Å². The van der Waals surface area contributed by atoms with Gasteiger partial charge in [0.25, 0.3) is 5.91 Å².